The molecule has 0 heterocycles. The second-order valence-corrected chi connectivity index (χ2v) is 12.0. The normalized spacial score (nSPS) is 27.2. The summed E-state index contributed by atoms with van der Waals surface area (Å²) in [6.45, 7) is 0. The smallest absolute Gasteiger partial charge is 0.136 e. The number of hydrogen-bond donors (Lipinski definition) is 0. The third kappa shape index (κ3) is 16.8. The van der Waals surface area contributed by atoms with E-state index >= 15 is 0 Å². The van der Waals surface area contributed by atoms with E-state index in [0.717, 1.165) is 83.5 Å². The summed E-state index contributed by atoms with van der Waals surface area (Å²) in [6.07, 6.45) is 31.0. The molecule has 0 amide bonds. The Morgan fingerprint density at radius 1 is 0.436 bits per heavy atom. The van der Waals surface area contributed by atoms with Crippen LogP contribution in [0.2, 0.25) is 0 Å². The van der Waals surface area contributed by atoms with E-state index < -0.39 is 0 Å². The molecule has 2 unspecified atom stereocenters. The summed E-state index contributed by atoms with van der Waals surface area (Å²) in [5.74, 6) is 1.26. The van der Waals surface area contributed by atoms with Gasteiger partial charge in [-0.2, -0.15) is 0 Å². The monoisotopic (exact) mass is 540 g/mol. The first-order valence-electron chi connectivity index (χ1n) is 16.4. The van der Waals surface area contributed by atoms with E-state index in [9.17, 15) is 19.2 Å². The fourth-order valence-electron chi connectivity index (χ4n) is 6.06. The highest BCUT2D eigenvalue weighted by Gasteiger charge is 2.21. The number of carbonyl (C=O) groups is 4. The minimum absolute atomic E-state index is 0.0245. The van der Waals surface area contributed by atoms with Gasteiger partial charge in [0.2, 0.25) is 0 Å². The topological polar surface area (TPSA) is 68.3 Å². The molecule has 0 saturated heterocycles. The van der Waals surface area contributed by atoms with Crippen LogP contribution in [0.25, 0.3) is 0 Å². The highest BCUT2D eigenvalue weighted by molar-refractivity contribution is 5.83. The van der Waals surface area contributed by atoms with Crippen molar-refractivity contribution in [1.82, 2.24) is 0 Å². The first kappa shape index (κ1) is 33.4. The molecule has 0 spiro atoms. The van der Waals surface area contributed by atoms with Gasteiger partial charge in [0, 0.05) is 50.4 Å². The quantitative estimate of drug-likeness (QED) is 0.333. The summed E-state index contributed by atoms with van der Waals surface area (Å²) in [5, 5.41) is 0. The summed E-state index contributed by atoms with van der Waals surface area (Å²) < 4.78 is 0. The fraction of sp³-hybridized carbons (Fsp3) is 0.771. The second kappa shape index (κ2) is 21.9. The number of allylic oxidation sites excluding steroid dienone is 4. The van der Waals surface area contributed by atoms with E-state index in [0.29, 0.717) is 74.5 Å². The zero-order valence-electron chi connectivity index (χ0n) is 24.8. The molecule has 0 aromatic heterocycles. The summed E-state index contributed by atoms with van der Waals surface area (Å²) in [4.78, 5) is 50.6. The van der Waals surface area contributed by atoms with Gasteiger partial charge in [-0.3, -0.25) is 19.2 Å². The van der Waals surface area contributed by atoms with Crippen molar-refractivity contribution in [3.63, 3.8) is 0 Å². The number of hydrogen-bond acceptors (Lipinski definition) is 4. The van der Waals surface area contributed by atoms with Crippen LogP contribution in [0, 0.1) is 11.8 Å². The largest absolute Gasteiger partial charge is 0.300 e. The van der Waals surface area contributed by atoms with Crippen LogP contribution in [-0.4, -0.2) is 23.1 Å². The van der Waals surface area contributed by atoms with E-state index in [4.69, 9.17) is 0 Å². The van der Waals surface area contributed by atoms with Crippen molar-refractivity contribution in [2.45, 2.75) is 161 Å². The molecule has 0 aliphatic heterocycles. The predicted molar refractivity (Wildman–Crippen MR) is 161 cm³/mol. The molecule has 2 rings (SSSR count). The zero-order valence-corrected chi connectivity index (χ0v) is 24.8. The summed E-state index contributed by atoms with van der Waals surface area (Å²) in [7, 11) is 0. The Kier molecular flexibility index (Phi) is 18.8. The van der Waals surface area contributed by atoms with Gasteiger partial charge in [-0.05, 0) is 89.9 Å². The maximum atomic E-state index is 13.1. The first-order chi connectivity index (χ1) is 19.1. The molecule has 4 heteroatoms. The van der Waals surface area contributed by atoms with Crippen molar-refractivity contribution < 1.29 is 19.2 Å². The number of Topliss-reactive ketones (excluding diaryl/α,β-unsaturated/α-hetero) is 4. The van der Waals surface area contributed by atoms with Crippen molar-refractivity contribution in [1.29, 1.82) is 0 Å². The molecule has 2 aliphatic carbocycles. The molecule has 0 N–H and O–H groups in total. The van der Waals surface area contributed by atoms with Crippen LogP contribution in [0.3, 0.4) is 0 Å². The van der Waals surface area contributed by atoms with Crippen LogP contribution in [-0.2, 0) is 19.2 Å². The molecule has 0 saturated carbocycles. The average molecular weight is 541 g/mol. The molecular formula is C35H56O4. The Morgan fingerprint density at radius 2 is 0.821 bits per heavy atom. The molecule has 0 bridgehead atoms. The van der Waals surface area contributed by atoms with Crippen molar-refractivity contribution in [2.75, 3.05) is 0 Å². The Balaban J connectivity index is 1.91. The maximum Gasteiger partial charge on any atom is 0.136 e. The highest BCUT2D eigenvalue weighted by Crippen LogP contribution is 2.25. The molecule has 39 heavy (non-hydrogen) atoms. The predicted octanol–water partition coefficient (Wildman–Crippen LogP) is 9.39. The average Bonchev–Trinajstić information content (AvgIpc) is 2.91. The van der Waals surface area contributed by atoms with Crippen LogP contribution in [0.1, 0.15) is 161 Å². The third-order valence-corrected chi connectivity index (χ3v) is 8.62. The van der Waals surface area contributed by atoms with Gasteiger partial charge in [0.05, 0.1) is 0 Å². The minimum atomic E-state index is 0.0245. The Bertz CT molecular complexity index is 714. The Labute approximate surface area is 238 Å². The molecular weight excluding hydrogens is 484 g/mol. The SMILES string of the molecule is O=C1CCCCCC/C=C/CCC(CCCC2CC/C=C/CCCCCCC(=O)CCCC2=O)C(=O)CCC1. The summed E-state index contributed by atoms with van der Waals surface area (Å²) in [6, 6.07) is 0. The molecule has 0 radical (unpaired) electrons. The van der Waals surface area contributed by atoms with Gasteiger partial charge in [0.25, 0.3) is 0 Å². The molecule has 0 fully saturated rings. The second-order valence-electron chi connectivity index (χ2n) is 12.0. The van der Waals surface area contributed by atoms with Crippen molar-refractivity contribution in [3.05, 3.63) is 24.3 Å². The fourth-order valence-corrected chi connectivity index (χ4v) is 6.06. The lowest BCUT2D eigenvalue weighted by Crippen LogP contribution is -2.18. The van der Waals surface area contributed by atoms with E-state index in [1.54, 1.807) is 0 Å². The van der Waals surface area contributed by atoms with Crippen molar-refractivity contribution >= 4 is 23.1 Å². The van der Waals surface area contributed by atoms with Crippen LogP contribution < -0.4 is 0 Å². The van der Waals surface area contributed by atoms with Gasteiger partial charge in [0.1, 0.15) is 23.1 Å². The molecule has 4 nitrogen and oxygen atoms in total. The van der Waals surface area contributed by atoms with Gasteiger partial charge in [-0.15, -0.1) is 0 Å². The van der Waals surface area contributed by atoms with Gasteiger partial charge in [-0.25, -0.2) is 0 Å². The maximum absolute atomic E-state index is 13.1. The van der Waals surface area contributed by atoms with Gasteiger partial charge in [0.15, 0.2) is 0 Å². The lowest BCUT2D eigenvalue weighted by Gasteiger charge is -2.19. The Hall–Kier alpha value is -1.84. The van der Waals surface area contributed by atoms with Crippen LogP contribution in [0.4, 0.5) is 0 Å². The Morgan fingerprint density at radius 3 is 1.28 bits per heavy atom. The van der Waals surface area contributed by atoms with E-state index in [1.165, 1.54) is 25.7 Å². The van der Waals surface area contributed by atoms with E-state index in [-0.39, 0.29) is 11.8 Å². The van der Waals surface area contributed by atoms with Gasteiger partial charge >= 0.3 is 0 Å². The molecule has 2 aliphatic rings. The summed E-state index contributed by atoms with van der Waals surface area (Å²) in [5.41, 5.74) is 0. The number of rotatable bonds is 4. The highest BCUT2D eigenvalue weighted by atomic mass is 16.1. The zero-order chi connectivity index (χ0) is 28.0. The van der Waals surface area contributed by atoms with Crippen molar-refractivity contribution in [2.24, 2.45) is 11.8 Å². The molecule has 0 aromatic carbocycles. The molecule has 2 atom stereocenters. The molecule has 0 aromatic rings. The minimum Gasteiger partial charge on any atom is -0.300 e. The van der Waals surface area contributed by atoms with Crippen LogP contribution in [0.15, 0.2) is 24.3 Å². The van der Waals surface area contributed by atoms with Crippen molar-refractivity contribution in [3.8, 4) is 0 Å². The lowest BCUT2D eigenvalue weighted by atomic mass is 9.85. The number of ketones is 4. The van der Waals surface area contributed by atoms with E-state index in [1.807, 2.05) is 0 Å². The summed E-state index contributed by atoms with van der Waals surface area (Å²) >= 11 is 0. The van der Waals surface area contributed by atoms with Crippen LogP contribution >= 0.6 is 0 Å². The third-order valence-electron chi connectivity index (χ3n) is 8.62. The lowest BCUT2D eigenvalue weighted by molar-refractivity contribution is -0.124. The van der Waals surface area contributed by atoms with E-state index in [2.05, 4.69) is 24.3 Å². The first-order valence-corrected chi connectivity index (χ1v) is 16.4. The van der Waals surface area contributed by atoms with Gasteiger partial charge in [-0.1, -0.05) is 56.4 Å². The van der Waals surface area contributed by atoms with Gasteiger partial charge < -0.3 is 0 Å². The molecule has 220 valence electrons. The standard InChI is InChI=1S/C35H56O4/c36-32-24-15-11-7-3-1-5-9-13-20-30(34(38)28-18-26-32)22-17-23-31-21-14-10-6-2-4-8-12-16-25-33(37)27-19-29-35(31)39/h5-6,9-10,30-31H,1-4,7-8,11-29H2/b9-5+,10-6+. The number of carbonyl (C=O) groups excluding carboxylic acids is 4. The van der Waals surface area contributed by atoms with Crippen LogP contribution in [0.5, 0.6) is 0 Å².